The van der Waals surface area contributed by atoms with Gasteiger partial charge in [-0.25, -0.2) is 0 Å². The zero-order valence-electron chi connectivity index (χ0n) is 12.2. The second-order valence-corrected chi connectivity index (χ2v) is 5.54. The molecule has 1 aliphatic heterocycles. The maximum atomic E-state index is 11.1. The zero-order chi connectivity index (χ0) is 14.7. The number of methoxy groups -OCH3 is 1. The highest BCUT2D eigenvalue weighted by Crippen LogP contribution is 2.34. The molecule has 3 heteroatoms. The Hall–Kier alpha value is -2.00. The van der Waals surface area contributed by atoms with Crippen LogP contribution in [0, 0.1) is 6.07 Å². The van der Waals surface area contributed by atoms with E-state index in [1.165, 1.54) is 0 Å². The van der Waals surface area contributed by atoms with Crippen molar-refractivity contribution in [3.8, 4) is 5.75 Å². The van der Waals surface area contributed by atoms with Crippen molar-refractivity contribution in [2.24, 2.45) is 0 Å². The molecule has 0 saturated carbocycles. The minimum Gasteiger partial charge on any atom is -0.497 e. The molecule has 1 fully saturated rings. The molecule has 109 valence electrons. The Labute approximate surface area is 125 Å². The minimum absolute atomic E-state index is 0.584. The number of aliphatic hydroxyl groups is 1. The lowest BCUT2D eigenvalue weighted by molar-refractivity contribution is 0.0217. The summed E-state index contributed by atoms with van der Waals surface area (Å²) in [5, 5.41) is 11.1. The molecule has 1 atom stereocenters. The van der Waals surface area contributed by atoms with Crippen molar-refractivity contribution >= 4 is 5.69 Å². The van der Waals surface area contributed by atoms with Crippen LogP contribution in [0.3, 0.4) is 0 Å². The van der Waals surface area contributed by atoms with Crippen molar-refractivity contribution < 1.29 is 9.84 Å². The van der Waals surface area contributed by atoms with Gasteiger partial charge in [0.15, 0.2) is 0 Å². The first kappa shape index (κ1) is 14.0. The third kappa shape index (κ3) is 2.88. The molecule has 1 radical (unpaired) electrons. The van der Waals surface area contributed by atoms with Gasteiger partial charge in [0.1, 0.15) is 11.4 Å². The van der Waals surface area contributed by atoms with Gasteiger partial charge in [0.2, 0.25) is 0 Å². The van der Waals surface area contributed by atoms with Gasteiger partial charge in [-0.3, -0.25) is 0 Å². The number of β-amino-alcohol motifs (C(OH)–C–C–N with tert-alkyl or cyclic N) is 1. The molecule has 0 aromatic heterocycles. The number of hydrogen-bond donors (Lipinski definition) is 1. The summed E-state index contributed by atoms with van der Waals surface area (Å²) < 4.78 is 5.27. The van der Waals surface area contributed by atoms with Gasteiger partial charge in [-0.2, -0.15) is 0 Å². The molecule has 3 rings (SSSR count). The van der Waals surface area contributed by atoms with Crippen LogP contribution in [-0.4, -0.2) is 25.3 Å². The number of para-hydroxylation sites is 1. The number of benzene rings is 2. The molecule has 1 N–H and O–H groups in total. The van der Waals surface area contributed by atoms with E-state index in [-0.39, 0.29) is 0 Å². The van der Waals surface area contributed by atoms with Gasteiger partial charge in [0.25, 0.3) is 0 Å². The summed E-state index contributed by atoms with van der Waals surface area (Å²) >= 11 is 0. The van der Waals surface area contributed by atoms with Crippen LogP contribution in [0.5, 0.6) is 5.75 Å². The van der Waals surface area contributed by atoms with Gasteiger partial charge in [0.05, 0.1) is 13.7 Å². The maximum Gasteiger partial charge on any atom is 0.119 e. The molecule has 2 aromatic carbocycles. The van der Waals surface area contributed by atoms with Crippen LogP contribution in [0.25, 0.3) is 0 Å². The fraction of sp³-hybridized carbons (Fsp3) is 0.333. The molecular formula is C18H20NO2. The SMILES string of the molecule is COc1cccc(C2(O)CCCN(c3[c]cccc3)C2)c1. The second-order valence-electron chi connectivity index (χ2n) is 5.54. The monoisotopic (exact) mass is 282 g/mol. The van der Waals surface area contributed by atoms with Crippen molar-refractivity contribution in [1.29, 1.82) is 0 Å². The molecule has 0 amide bonds. The smallest absolute Gasteiger partial charge is 0.119 e. The summed E-state index contributed by atoms with van der Waals surface area (Å²) in [7, 11) is 1.65. The van der Waals surface area contributed by atoms with Crippen molar-refractivity contribution in [1.82, 2.24) is 0 Å². The molecule has 1 unspecified atom stereocenters. The predicted octanol–water partition coefficient (Wildman–Crippen LogP) is 2.98. The summed E-state index contributed by atoms with van der Waals surface area (Å²) in [6.07, 6.45) is 1.72. The summed E-state index contributed by atoms with van der Waals surface area (Å²) in [6.45, 7) is 1.54. The van der Waals surface area contributed by atoms with E-state index < -0.39 is 5.60 Å². The largest absolute Gasteiger partial charge is 0.497 e. The highest BCUT2D eigenvalue weighted by Gasteiger charge is 2.35. The molecule has 2 aromatic rings. The first-order chi connectivity index (χ1) is 10.2. The minimum atomic E-state index is -0.837. The number of anilines is 1. The number of ether oxygens (including phenoxy) is 1. The first-order valence-corrected chi connectivity index (χ1v) is 7.30. The van der Waals surface area contributed by atoms with Crippen LogP contribution in [0.15, 0.2) is 48.5 Å². The van der Waals surface area contributed by atoms with E-state index in [1.54, 1.807) is 7.11 Å². The fourth-order valence-corrected chi connectivity index (χ4v) is 2.97. The Morgan fingerprint density at radius 1 is 1.24 bits per heavy atom. The molecular weight excluding hydrogens is 262 g/mol. The van der Waals surface area contributed by atoms with Gasteiger partial charge in [0, 0.05) is 18.3 Å². The fourth-order valence-electron chi connectivity index (χ4n) is 2.97. The van der Waals surface area contributed by atoms with Crippen LogP contribution < -0.4 is 9.64 Å². The van der Waals surface area contributed by atoms with E-state index in [4.69, 9.17) is 4.74 Å². The zero-order valence-corrected chi connectivity index (χ0v) is 12.2. The van der Waals surface area contributed by atoms with E-state index in [1.807, 2.05) is 48.5 Å². The summed E-state index contributed by atoms with van der Waals surface area (Å²) in [5.41, 5.74) is 1.12. The quantitative estimate of drug-likeness (QED) is 0.939. The van der Waals surface area contributed by atoms with Crippen LogP contribution in [0.2, 0.25) is 0 Å². The topological polar surface area (TPSA) is 32.7 Å². The maximum absolute atomic E-state index is 11.1. The standard InChI is InChI=1S/C18H20NO2/c1-21-17-10-5-7-15(13-17)18(20)11-6-12-19(14-18)16-8-3-2-4-9-16/h2-5,7-8,10,13,20H,6,11-12,14H2,1H3. The average molecular weight is 282 g/mol. The van der Waals surface area contributed by atoms with Crippen molar-refractivity contribution in [2.45, 2.75) is 18.4 Å². The second kappa shape index (κ2) is 5.78. The average Bonchev–Trinajstić information content (AvgIpc) is 2.56. The van der Waals surface area contributed by atoms with Crippen LogP contribution in [0.1, 0.15) is 18.4 Å². The first-order valence-electron chi connectivity index (χ1n) is 7.30. The third-order valence-electron chi connectivity index (χ3n) is 4.11. The number of nitrogens with zero attached hydrogens (tertiary/aromatic N) is 1. The van der Waals surface area contributed by atoms with Gasteiger partial charge >= 0.3 is 0 Å². The molecule has 1 saturated heterocycles. The normalized spacial score (nSPS) is 22.1. The Morgan fingerprint density at radius 3 is 2.90 bits per heavy atom. The van der Waals surface area contributed by atoms with E-state index in [0.29, 0.717) is 6.54 Å². The molecule has 0 spiro atoms. The van der Waals surface area contributed by atoms with Crippen LogP contribution >= 0.6 is 0 Å². The molecule has 3 nitrogen and oxygen atoms in total. The van der Waals surface area contributed by atoms with Gasteiger partial charge in [-0.05, 0) is 36.6 Å². The number of rotatable bonds is 3. The summed E-state index contributed by atoms with van der Waals surface area (Å²) in [5.74, 6) is 0.782. The Balaban J connectivity index is 1.87. The lowest BCUT2D eigenvalue weighted by Crippen LogP contribution is -2.46. The molecule has 0 aliphatic carbocycles. The molecule has 1 heterocycles. The van der Waals surface area contributed by atoms with Crippen molar-refractivity contribution in [3.05, 3.63) is 60.2 Å². The number of piperidine rings is 1. The van der Waals surface area contributed by atoms with Gasteiger partial charge in [-0.15, -0.1) is 0 Å². The Bertz CT molecular complexity index is 599. The van der Waals surface area contributed by atoms with E-state index >= 15 is 0 Å². The van der Waals surface area contributed by atoms with Crippen LogP contribution in [0.4, 0.5) is 5.69 Å². The van der Waals surface area contributed by atoms with E-state index in [2.05, 4.69) is 11.0 Å². The van der Waals surface area contributed by atoms with Gasteiger partial charge in [-0.1, -0.05) is 30.3 Å². The lowest BCUT2D eigenvalue weighted by Gasteiger charge is -2.40. The molecule has 0 bridgehead atoms. The lowest BCUT2D eigenvalue weighted by atomic mass is 9.85. The van der Waals surface area contributed by atoms with Crippen molar-refractivity contribution in [2.75, 3.05) is 25.1 Å². The molecule has 1 aliphatic rings. The predicted molar refractivity (Wildman–Crippen MR) is 83.6 cm³/mol. The number of hydrogen-bond acceptors (Lipinski definition) is 3. The van der Waals surface area contributed by atoms with E-state index in [0.717, 1.165) is 36.4 Å². The highest BCUT2D eigenvalue weighted by atomic mass is 16.5. The third-order valence-corrected chi connectivity index (χ3v) is 4.11. The van der Waals surface area contributed by atoms with Crippen LogP contribution in [-0.2, 0) is 5.60 Å². The Kier molecular flexibility index (Phi) is 3.84. The Morgan fingerprint density at radius 2 is 2.14 bits per heavy atom. The van der Waals surface area contributed by atoms with Gasteiger partial charge < -0.3 is 14.7 Å². The summed E-state index contributed by atoms with van der Waals surface area (Å²) in [4.78, 5) is 2.20. The highest BCUT2D eigenvalue weighted by molar-refractivity contribution is 5.47. The summed E-state index contributed by atoms with van der Waals surface area (Å²) in [6, 6.07) is 18.9. The molecule has 21 heavy (non-hydrogen) atoms. The van der Waals surface area contributed by atoms with E-state index in [9.17, 15) is 5.11 Å². The van der Waals surface area contributed by atoms with Crippen molar-refractivity contribution in [3.63, 3.8) is 0 Å².